The lowest BCUT2D eigenvalue weighted by atomic mass is 10.1. The van der Waals surface area contributed by atoms with Gasteiger partial charge in [-0.2, -0.15) is 0 Å². The lowest BCUT2D eigenvalue weighted by molar-refractivity contribution is 0.0947. The third-order valence-corrected chi connectivity index (χ3v) is 6.24. The molecule has 3 aromatic rings. The fraction of sp³-hybridized carbons (Fsp3) is 0.174. The molecule has 0 saturated carbocycles. The Morgan fingerprint density at radius 1 is 0.969 bits per heavy atom. The van der Waals surface area contributed by atoms with Crippen LogP contribution >= 0.6 is 23.2 Å². The highest BCUT2D eigenvalue weighted by molar-refractivity contribution is 7.92. The van der Waals surface area contributed by atoms with Crippen LogP contribution in [0.5, 0.6) is 5.75 Å². The SMILES string of the molecule is CS(=O)(=O)N(Cc1ccc(C(=O)NCCOc2ccccc2Cl)cc1)c1ccc(Cl)cc1. The van der Waals surface area contributed by atoms with Crippen LogP contribution in [0.1, 0.15) is 15.9 Å². The predicted octanol–water partition coefficient (Wildman–Crippen LogP) is 4.77. The van der Waals surface area contributed by atoms with Crippen molar-refractivity contribution in [3.05, 3.63) is 94.0 Å². The Morgan fingerprint density at radius 3 is 2.25 bits per heavy atom. The fourth-order valence-electron chi connectivity index (χ4n) is 2.92. The predicted molar refractivity (Wildman–Crippen MR) is 128 cm³/mol. The lowest BCUT2D eigenvalue weighted by Gasteiger charge is -2.22. The summed E-state index contributed by atoms with van der Waals surface area (Å²) in [5.41, 5.74) is 1.71. The first-order valence-electron chi connectivity index (χ1n) is 9.72. The summed E-state index contributed by atoms with van der Waals surface area (Å²) in [4.78, 5) is 12.4. The van der Waals surface area contributed by atoms with Crippen LogP contribution in [0.25, 0.3) is 0 Å². The highest BCUT2D eigenvalue weighted by atomic mass is 35.5. The van der Waals surface area contributed by atoms with Gasteiger partial charge in [-0.05, 0) is 54.1 Å². The van der Waals surface area contributed by atoms with Gasteiger partial charge in [-0.15, -0.1) is 0 Å². The third-order valence-electron chi connectivity index (χ3n) is 4.54. The summed E-state index contributed by atoms with van der Waals surface area (Å²) in [6, 6.07) is 20.4. The van der Waals surface area contributed by atoms with Crippen LogP contribution in [0.2, 0.25) is 10.0 Å². The van der Waals surface area contributed by atoms with Gasteiger partial charge in [0, 0.05) is 10.6 Å². The van der Waals surface area contributed by atoms with E-state index in [-0.39, 0.29) is 19.1 Å². The molecule has 3 rings (SSSR count). The van der Waals surface area contributed by atoms with Gasteiger partial charge in [0.05, 0.1) is 30.1 Å². The van der Waals surface area contributed by atoms with E-state index in [2.05, 4.69) is 5.32 Å². The zero-order valence-corrected chi connectivity index (χ0v) is 19.6. The molecule has 168 valence electrons. The number of carbonyl (C=O) groups excluding carboxylic acids is 1. The maximum absolute atomic E-state index is 12.4. The number of rotatable bonds is 9. The molecule has 3 aromatic carbocycles. The van der Waals surface area contributed by atoms with Gasteiger partial charge in [0.25, 0.3) is 5.91 Å². The Labute approximate surface area is 197 Å². The summed E-state index contributed by atoms with van der Waals surface area (Å²) in [5.74, 6) is 0.306. The van der Waals surface area contributed by atoms with Gasteiger partial charge in [-0.3, -0.25) is 9.10 Å². The quantitative estimate of drug-likeness (QED) is 0.436. The first-order valence-corrected chi connectivity index (χ1v) is 12.3. The number of hydrogen-bond donors (Lipinski definition) is 1. The molecular formula is C23H22Cl2N2O4S. The molecule has 0 bridgehead atoms. The minimum atomic E-state index is -3.51. The van der Waals surface area contributed by atoms with E-state index in [1.54, 1.807) is 60.7 Å². The Morgan fingerprint density at radius 2 is 1.62 bits per heavy atom. The summed E-state index contributed by atoms with van der Waals surface area (Å²) in [5, 5.41) is 3.81. The van der Waals surface area contributed by atoms with Crippen molar-refractivity contribution in [2.24, 2.45) is 0 Å². The Hall–Kier alpha value is -2.74. The average Bonchev–Trinajstić information content (AvgIpc) is 2.76. The van der Waals surface area contributed by atoms with E-state index >= 15 is 0 Å². The molecule has 0 atom stereocenters. The number of hydrogen-bond acceptors (Lipinski definition) is 4. The first kappa shape index (κ1) is 23.9. The summed E-state index contributed by atoms with van der Waals surface area (Å²) in [6.45, 7) is 0.718. The molecule has 0 aromatic heterocycles. The van der Waals surface area contributed by atoms with Crippen LogP contribution in [0.15, 0.2) is 72.8 Å². The van der Waals surface area contributed by atoms with Crippen LogP contribution in [-0.2, 0) is 16.6 Å². The number of carbonyl (C=O) groups is 1. The molecule has 0 aliphatic carbocycles. The fourth-order valence-corrected chi connectivity index (χ4v) is 4.13. The van der Waals surface area contributed by atoms with Gasteiger partial charge in [0.2, 0.25) is 10.0 Å². The summed E-state index contributed by atoms with van der Waals surface area (Å²) < 4.78 is 31.4. The summed E-state index contributed by atoms with van der Waals surface area (Å²) in [7, 11) is -3.51. The van der Waals surface area contributed by atoms with Crippen molar-refractivity contribution in [1.29, 1.82) is 0 Å². The number of para-hydroxylation sites is 1. The summed E-state index contributed by atoms with van der Waals surface area (Å²) in [6.07, 6.45) is 1.15. The number of anilines is 1. The van der Waals surface area contributed by atoms with Crippen LogP contribution in [0.4, 0.5) is 5.69 Å². The molecule has 0 spiro atoms. The Bertz CT molecular complexity index is 1170. The number of benzene rings is 3. The van der Waals surface area contributed by atoms with Gasteiger partial charge in [0.15, 0.2) is 0 Å². The van der Waals surface area contributed by atoms with Crippen LogP contribution < -0.4 is 14.4 Å². The molecule has 0 aliphatic rings. The second-order valence-corrected chi connectivity index (χ2v) is 9.73. The van der Waals surface area contributed by atoms with Crippen molar-refractivity contribution >= 4 is 44.8 Å². The number of halogens is 2. The second kappa shape index (κ2) is 10.7. The van der Waals surface area contributed by atoms with Gasteiger partial charge < -0.3 is 10.1 Å². The first-order chi connectivity index (χ1) is 15.2. The van der Waals surface area contributed by atoms with E-state index in [1.807, 2.05) is 12.1 Å². The summed E-state index contributed by atoms with van der Waals surface area (Å²) >= 11 is 11.9. The maximum Gasteiger partial charge on any atom is 0.251 e. The van der Waals surface area contributed by atoms with E-state index in [9.17, 15) is 13.2 Å². The molecule has 0 radical (unpaired) electrons. The van der Waals surface area contributed by atoms with Crippen LogP contribution in [0, 0.1) is 0 Å². The largest absolute Gasteiger partial charge is 0.490 e. The van der Waals surface area contributed by atoms with Crippen LogP contribution in [0.3, 0.4) is 0 Å². The molecule has 9 heteroatoms. The van der Waals surface area contributed by atoms with Crippen molar-refractivity contribution in [2.45, 2.75) is 6.54 Å². The van der Waals surface area contributed by atoms with Gasteiger partial charge in [-0.1, -0.05) is 47.5 Å². The smallest absolute Gasteiger partial charge is 0.251 e. The minimum absolute atomic E-state index is 0.133. The molecule has 6 nitrogen and oxygen atoms in total. The molecule has 0 unspecified atom stereocenters. The van der Waals surface area contributed by atoms with E-state index in [4.69, 9.17) is 27.9 Å². The monoisotopic (exact) mass is 492 g/mol. The Balaban J connectivity index is 1.58. The number of nitrogens with one attached hydrogen (secondary N) is 1. The number of nitrogens with zero attached hydrogens (tertiary/aromatic N) is 1. The lowest BCUT2D eigenvalue weighted by Crippen LogP contribution is -2.29. The molecule has 32 heavy (non-hydrogen) atoms. The van der Waals surface area contributed by atoms with E-state index in [0.29, 0.717) is 33.6 Å². The molecule has 0 saturated heterocycles. The van der Waals surface area contributed by atoms with Gasteiger partial charge >= 0.3 is 0 Å². The van der Waals surface area contributed by atoms with Gasteiger partial charge in [0.1, 0.15) is 12.4 Å². The highest BCUT2D eigenvalue weighted by Gasteiger charge is 2.18. The average molecular weight is 493 g/mol. The topological polar surface area (TPSA) is 75.7 Å². The van der Waals surface area contributed by atoms with E-state index in [1.165, 1.54) is 4.31 Å². The van der Waals surface area contributed by atoms with E-state index < -0.39 is 10.0 Å². The zero-order chi connectivity index (χ0) is 23.1. The Kier molecular flexibility index (Phi) is 8.01. The maximum atomic E-state index is 12.4. The zero-order valence-electron chi connectivity index (χ0n) is 17.3. The molecule has 0 heterocycles. The van der Waals surface area contributed by atoms with Crippen molar-refractivity contribution < 1.29 is 17.9 Å². The second-order valence-electron chi connectivity index (χ2n) is 6.98. The van der Waals surface area contributed by atoms with Crippen molar-refractivity contribution in [3.63, 3.8) is 0 Å². The van der Waals surface area contributed by atoms with Crippen LogP contribution in [-0.4, -0.2) is 33.7 Å². The molecule has 1 N–H and O–H groups in total. The minimum Gasteiger partial charge on any atom is -0.490 e. The van der Waals surface area contributed by atoms with Crippen molar-refractivity contribution in [1.82, 2.24) is 5.32 Å². The van der Waals surface area contributed by atoms with Crippen molar-refractivity contribution in [3.8, 4) is 5.75 Å². The molecule has 0 aliphatic heterocycles. The molecule has 0 fully saturated rings. The molecular weight excluding hydrogens is 471 g/mol. The van der Waals surface area contributed by atoms with Gasteiger partial charge in [-0.25, -0.2) is 8.42 Å². The normalized spacial score (nSPS) is 11.1. The standard InChI is InChI=1S/C23H22Cl2N2O4S/c1-32(29,30)27(20-12-10-19(24)11-13-20)16-17-6-8-18(9-7-17)23(28)26-14-15-31-22-5-3-2-4-21(22)25/h2-13H,14-16H2,1H3,(H,26,28). The van der Waals surface area contributed by atoms with E-state index in [0.717, 1.165) is 11.8 Å². The number of amides is 1. The third kappa shape index (κ3) is 6.63. The number of sulfonamides is 1. The highest BCUT2D eigenvalue weighted by Crippen LogP contribution is 2.24. The number of ether oxygens (including phenoxy) is 1. The molecule has 1 amide bonds. The van der Waals surface area contributed by atoms with Crippen molar-refractivity contribution in [2.75, 3.05) is 23.7 Å².